The predicted molar refractivity (Wildman–Crippen MR) is 150 cm³/mol. The van der Waals surface area contributed by atoms with E-state index in [0.717, 1.165) is 0 Å². The van der Waals surface area contributed by atoms with Gasteiger partial charge in [0.1, 0.15) is 22.8 Å². The number of fused-ring (bicyclic) bond motifs is 1. The average molecular weight is 532 g/mol. The predicted octanol–water partition coefficient (Wildman–Crippen LogP) is 7.23. The van der Waals surface area contributed by atoms with Crippen LogP contribution in [0, 0.1) is 0 Å². The van der Waals surface area contributed by atoms with E-state index in [1.807, 2.05) is 0 Å². The molecule has 0 atom stereocenters. The van der Waals surface area contributed by atoms with E-state index in [1.165, 1.54) is 36.4 Å². The van der Waals surface area contributed by atoms with Crippen LogP contribution in [0.25, 0.3) is 10.8 Å². The molecule has 5 rings (SSSR count). The van der Waals surface area contributed by atoms with Gasteiger partial charge < -0.3 is 20.4 Å². The maximum atomic E-state index is 12.9. The molecule has 0 saturated carbocycles. The standard InChI is InChI=1S/C31H21N3O6/c35-26-17-20(28(36)22-12-6-7-13-23(22)31(39)40)14-15-24(26)33-34-27-21-11-5-4-10-19(21)16-25(29(27)37)32-30(38)18-8-2-1-3-9-18/h1-17,35,37H,(H,32,38)(H,39,40). The molecular formula is C31H21N3O6. The smallest absolute Gasteiger partial charge is 0.336 e. The fraction of sp³-hybridized carbons (Fsp3) is 0. The molecule has 5 aromatic rings. The van der Waals surface area contributed by atoms with E-state index in [2.05, 4.69) is 15.2 Å². The minimum absolute atomic E-state index is 0.00703. The lowest BCUT2D eigenvalue weighted by atomic mass is 9.98. The van der Waals surface area contributed by atoms with Crippen LogP contribution in [0.1, 0.15) is 31.8 Å². The molecule has 0 spiro atoms. The summed E-state index contributed by atoms with van der Waals surface area (Å²) in [4.78, 5) is 28.6. The van der Waals surface area contributed by atoms with E-state index in [0.29, 0.717) is 16.3 Å². The number of benzene rings is 5. The zero-order valence-corrected chi connectivity index (χ0v) is 20.8. The highest BCUT2D eigenvalue weighted by atomic mass is 16.4. The largest absolute Gasteiger partial charge is 0.506 e. The Kier molecular flexibility index (Phi) is 7.02. The first-order valence-corrected chi connectivity index (χ1v) is 12.0. The van der Waals surface area contributed by atoms with Crippen LogP contribution >= 0.6 is 0 Å². The number of azo groups is 1. The summed E-state index contributed by atoms with van der Waals surface area (Å²) in [6, 6.07) is 27.1. The Morgan fingerprint density at radius 1 is 0.625 bits per heavy atom. The van der Waals surface area contributed by atoms with Gasteiger partial charge >= 0.3 is 5.97 Å². The van der Waals surface area contributed by atoms with Gasteiger partial charge in [0.15, 0.2) is 11.5 Å². The molecular weight excluding hydrogens is 510 g/mol. The number of carbonyl (C=O) groups excluding carboxylic acids is 1. The molecule has 0 aliphatic rings. The molecule has 5 aromatic carbocycles. The first-order valence-electron chi connectivity index (χ1n) is 12.0. The molecule has 0 aliphatic carbocycles. The molecule has 9 heteroatoms. The highest BCUT2D eigenvalue weighted by Crippen LogP contribution is 2.44. The fourth-order valence-corrected chi connectivity index (χ4v) is 4.13. The van der Waals surface area contributed by atoms with Gasteiger partial charge in [-0.15, -0.1) is 10.2 Å². The van der Waals surface area contributed by atoms with Crippen molar-refractivity contribution in [3.63, 3.8) is 0 Å². The third-order valence-electron chi connectivity index (χ3n) is 6.13. The number of hydrogen-bond donors (Lipinski definition) is 4. The first-order chi connectivity index (χ1) is 19.3. The summed E-state index contributed by atoms with van der Waals surface area (Å²) >= 11 is 0. The monoisotopic (exact) mass is 531 g/mol. The number of carbonyl (C=O) groups is 2. The van der Waals surface area contributed by atoms with Crippen LogP contribution in [0.2, 0.25) is 0 Å². The Hall–Kier alpha value is -5.83. The lowest BCUT2D eigenvalue weighted by Crippen LogP contribution is -2.09. The van der Waals surface area contributed by atoms with Crippen LogP contribution in [0.5, 0.6) is 11.5 Å². The number of carboxylic acid groups (broad SMARTS) is 1. The molecule has 0 amide bonds. The Bertz CT molecular complexity index is 1830. The minimum Gasteiger partial charge on any atom is -0.506 e. The van der Waals surface area contributed by atoms with E-state index in [9.17, 15) is 30.0 Å². The highest BCUT2D eigenvalue weighted by molar-refractivity contribution is 6.14. The average Bonchev–Trinajstić information content (AvgIpc) is 2.97. The Morgan fingerprint density at radius 3 is 2.02 bits per heavy atom. The van der Waals surface area contributed by atoms with Crippen molar-refractivity contribution in [2.75, 3.05) is 0 Å². The first kappa shape index (κ1) is 25.8. The highest BCUT2D eigenvalue weighted by Gasteiger charge is 2.19. The molecule has 0 bridgehead atoms. The summed E-state index contributed by atoms with van der Waals surface area (Å²) in [7, 11) is 0. The van der Waals surface area contributed by atoms with Gasteiger partial charge in [0.2, 0.25) is 5.90 Å². The third kappa shape index (κ3) is 5.11. The van der Waals surface area contributed by atoms with Crippen molar-refractivity contribution >= 4 is 45.5 Å². The van der Waals surface area contributed by atoms with E-state index in [4.69, 9.17) is 0 Å². The minimum atomic E-state index is -1.24. The van der Waals surface area contributed by atoms with Crippen LogP contribution < -0.4 is 0 Å². The molecule has 0 saturated heterocycles. The lowest BCUT2D eigenvalue weighted by molar-refractivity contribution is 0.0692. The molecule has 0 aliphatic heterocycles. The second kappa shape index (κ2) is 10.9. The topological polar surface area (TPSA) is 152 Å². The maximum Gasteiger partial charge on any atom is 0.336 e. The Morgan fingerprint density at radius 2 is 1.30 bits per heavy atom. The van der Waals surface area contributed by atoms with Crippen LogP contribution in [-0.2, 0) is 0 Å². The number of nitrogens with zero attached hydrogens (tertiary/aromatic N) is 3. The molecule has 4 N–H and O–H groups in total. The molecule has 40 heavy (non-hydrogen) atoms. The Labute approximate surface area is 227 Å². The summed E-state index contributed by atoms with van der Waals surface area (Å²) < 4.78 is 0. The van der Waals surface area contributed by atoms with Gasteiger partial charge in [-0.05, 0) is 47.9 Å². The number of phenols is 2. The fourth-order valence-electron chi connectivity index (χ4n) is 4.13. The van der Waals surface area contributed by atoms with Crippen molar-refractivity contribution in [3.05, 3.63) is 125 Å². The SMILES string of the molecule is O=C(O)c1ccccc1C(=O)c1ccc(N=Nc2c(O)c(N=C(O)c3ccccc3)cc3ccccc23)c(O)c1. The van der Waals surface area contributed by atoms with E-state index < -0.39 is 11.8 Å². The molecule has 9 nitrogen and oxygen atoms in total. The summed E-state index contributed by atoms with van der Waals surface area (Å²) in [6.45, 7) is 0. The number of ketones is 1. The van der Waals surface area contributed by atoms with Gasteiger partial charge in [-0.25, -0.2) is 9.79 Å². The van der Waals surface area contributed by atoms with Crippen molar-refractivity contribution < 1.29 is 30.0 Å². The number of aliphatic imine (C=N–C) groups is 1. The molecule has 0 heterocycles. The van der Waals surface area contributed by atoms with Crippen molar-refractivity contribution in [3.8, 4) is 11.5 Å². The van der Waals surface area contributed by atoms with Gasteiger partial charge in [0.05, 0.1) is 5.56 Å². The van der Waals surface area contributed by atoms with E-state index in [1.54, 1.807) is 66.7 Å². The summed E-state index contributed by atoms with van der Waals surface area (Å²) in [6.07, 6.45) is 0. The van der Waals surface area contributed by atoms with Gasteiger partial charge in [0.25, 0.3) is 0 Å². The number of carboxylic acids is 1. The van der Waals surface area contributed by atoms with Gasteiger partial charge in [-0.3, -0.25) is 4.79 Å². The van der Waals surface area contributed by atoms with Crippen molar-refractivity contribution in [1.82, 2.24) is 0 Å². The lowest BCUT2D eigenvalue weighted by Gasteiger charge is -2.09. The Balaban J connectivity index is 1.52. The molecule has 0 fully saturated rings. The van der Waals surface area contributed by atoms with Crippen LogP contribution in [0.4, 0.5) is 17.1 Å². The number of aliphatic hydroxyl groups excluding tert-OH is 1. The zero-order chi connectivity index (χ0) is 28.2. The van der Waals surface area contributed by atoms with Crippen molar-refractivity contribution in [1.29, 1.82) is 0 Å². The van der Waals surface area contributed by atoms with Crippen LogP contribution in [0.15, 0.2) is 118 Å². The number of rotatable bonds is 7. The normalized spacial score (nSPS) is 11.7. The number of aliphatic hydroxyl groups is 1. The van der Waals surface area contributed by atoms with Crippen molar-refractivity contribution in [2.45, 2.75) is 0 Å². The number of phenolic OH excluding ortho intramolecular Hbond substituents is 2. The van der Waals surface area contributed by atoms with Gasteiger partial charge in [-0.2, -0.15) is 0 Å². The second-order valence-corrected chi connectivity index (χ2v) is 8.70. The summed E-state index contributed by atoms with van der Waals surface area (Å²) in [5.41, 5.74) is 0.488. The van der Waals surface area contributed by atoms with Crippen LogP contribution in [-0.4, -0.2) is 38.1 Å². The third-order valence-corrected chi connectivity index (χ3v) is 6.13. The number of aromatic hydroxyl groups is 2. The van der Waals surface area contributed by atoms with Gasteiger partial charge in [-0.1, -0.05) is 60.7 Å². The van der Waals surface area contributed by atoms with Crippen LogP contribution in [0.3, 0.4) is 0 Å². The van der Waals surface area contributed by atoms with Crippen molar-refractivity contribution in [2.24, 2.45) is 15.2 Å². The second-order valence-electron chi connectivity index (χ2n) is 8.70. The number of hydrogen-bond acceptors (Lipinski definition) is 7. The molecule has 0 unspecified atom stereocenters. The molecule has 0 radical (unpaired) electrons. The zero-order valence-electron chi connectivity index (χ0n) is 20.8. The van der Waals surface area contributed by atoms with E-state index in [-0.39, 0.29) is 51.1 Å². The summed E-state index contributed by atoms with van der Waals surface area (Å²) in [5.74, 6) is -2.82. The van der Waals surface area contributed by atoms with E-state index >= 15 is 0 Å². The van der Waals surface area contributed by atoms with Gasteiger partial charge in [0, 0.05) is 22.1 Å². The summed E-state index contributed by atoms with van der Waals surface area (Å²) in [5, 5.41) is 51.0. The number of aromatic carboxylic acids is 1. The molecule has 0 aromatic heterocycles. The molecule has 196 valence electrons. The maximum absolute atomic E-state index is 12.9. The quantitative estimate of drug-likeness (QED) is 0.0752.